The minimum absolute atomic E-state index is 0. The molecular formula is H4I4N-3. The fourth-order valence-corrected chi connectivity index (χ4v) is 0. The van der Waals surface area contributed by atoms with E-state index in [1.165, 1.54) is 0 Å². The summed E-state index contributed by atoms with van der Waals surface area (Å²) < 4.78 is 0. The third kappa shape index (κ3) is 19.8. The molecule has 0 saturated carbocycles. The molecule has 0 fully saturated rings. The fourth-order valence-electron chi connectivity index (χ4n) is 0. The molecule has 40 valence electrons. The summed E-state index contributed by atoms with van der Waals surface area (Å²) >= 11 is 0. The van der Waals surface area contributed by atoms with E-state index in [9.17, 15) is 0 Å². The van der Waals surface area contributed by atoms with E-state index in [1.54, 1.807) is 0 Å². The summed E-state index contributed by atoms with van der Waals surface area (Å²) in [7, 11) is 0. The zero-order chi connectivity index (χ0) is 0. The van der Waals surface area contributed by atoms with Gasteiger partial charge in [0.2, 0.25) is 0 Å². The van der Waals surface area contributed by atoms with Gasteiger partial charge in [-0.15, -0.1) is 0 Å². The molecule has 0 aliphatic carbocycles. The van der Waals surface area contributed by atoms with Crippen LogP contribution in [0, 0.1) is 0 Å². The van der Waals surface area contributed by atoms with Crippen molar-refractivity contribution in [2.45, 2.75) is 0 Å². The summed E-state index contributed by atoms with van der Waals surface area (Å²) in [6.45, 7) is 0. The van der Waals surface area contributed by atoms with Crippen LogP contribution in [0.15, 0.2) is 0 Å². The second kappa shape index (κ2) is 28.7. The van der Waals surface area contributed by atoms with Crippen LogP contribution in [0.25, 0.3) is 0 Å². The van der Waals surface area contributed by atoms with Gasteiger partial charge in [0.15, 0.2) is 0 Å². The lowest BCUT2D eigenvalue weighted by atomic mass is 14.0. The van der Waals surface area contributed by atoms with Crippen LogP contribution >= 0.6 is 0 Å². The molecule has 0 aromatic carbocycles. The maximum Gasteiger partial charge on any atom is -0.369 e. The van der Waals surface area contributed by atoms with Crippen molar-refractivity contribution in [2.24, 2.45) is 0 Å². The van der Waals surface area contributed by atoms with Crippen LogP contribution in [0.2, 0.25) is 0 Å². The van der Waals surface area contributed by atoms with Gasteiger partial charge in [0.1, 0.15) is 0 Å². The standard InChI is InChI=1S/4HI.H3N/h4*1H;1H3/p-3. The first kappa shape index (κ1) is 45.0. The van der Waals surface area contributed by atoms with Gasteiger partial charge in [0.25, 0.3) is 0 Å². The second-order valence-corrected chi connectivity index (χ2v) is 0. The molecule has 0 aliphatic heterocycles. The average Bonchev–Trinajstić information content (AvgIpc) is 0. The van der Waals surface area contributed by atoms with E-state index in [1.807, 2.05) is 0 Å². The summed E-state index contributed by atoms with van der Waals surface area (Å²) in [6, 6.07) is 0. The molecule has 0 aliphatic rings. The Labute approximate surface area is 100 Å². The van der Waals surface area contributed by atoms with Crippen molar-refractivity contribution in [3.63, 3.8) is 0 Å². The van der Waals surface area contributed by atoms with Gasteiger partial charge in [0, 0.05) is 0 Å². The van der Waals surface area contributed by atoms with Crippen LogP contribution in [0.5, 0.6) is 0 Å². The van der Waals surface area contributed by atoms with Crippen molar-refractivity contribution in [2.75, 3.05) is 0 Å². The largest absolute Gasteiger partial charge is 1.00 e. The zero-order valence-corrected chi connectivity index (χ0v) is 11.1. The molecule has 4 N–H and O–H groups in total. The van der Waals surface area contributed by atoms with Gasteiger partial charge in [-0.1, -0.05) is 0 Å². The van der Waals surface area contributed by atoms with Crippen LogP contribution in [-0.2, 0) is 0 Å². The molecule has 0 unspecified atom stereocenters. The molecule has 1 nitrogen and oxygen atoms in total. The highest BCUT2D eigenvalue weighted by atomic mass is 127. The lowest BCUT2D eigenvalue weighted by molar-refractivity contribution is -0.00100. The molecule has 5 heavy (non-hydrogen) atoms. The van der Waals surface area contributed by atoms with E-state index < -0.39 is 0 Å². The van der Waals surface area contributed by atoms with Crippen LogP contribution in [0.1, 0.15) is 0 Å². The molecule has 0 rings (SSSR count). The van der Waals surface area contributed by atoms with Gasteiger partial charge >= 0.3 is 0 Å². The molecule has 0 radical (unpaired) electrons. The molecule has 0 aromatic heterocycles. The maximum atomic E-state index is 0. The lowest BCUT2D eigenvalue weighted by Gasteiger charge is -1.00. The quantitative estimate of drug-likeness (QED) is 0.305. The number of halogens is 4. The lowest BCUT2D eigenvalue weighted by Crippen LogP contribution is -3.00. The second-order valence-electron chi connectivity index (χ2n) is 0. The normalized spacial score (nSPS) is 0. The van der Waals surface area contributed by atoms with E-state index in [0.29, 0.717) is 0 Å². The van der Waals surface area contributed by atoms with Crippen LogP contribution < -0.4 is 102 Å². The Morgan fingerprint density at radius 3 is 0.400 bits per heavy atom. The fraction of sp³-hybridized carbons (Fsp3) is 0. The minimum atomic E-state index is 0. The summed E-state index contributed by atoms with van der Waals surface area (Å²) in [6.07, 6.45) is 0. The van der Waals surface area contributed by atoms with Gasteiger partial charge in [0.05, 0.1) is 0 Å². The Bertz CT molecular complexity index is 3.61. The summed E-state index contributed by atoms with van der Waals surface area (Å²) in [5, 5.41) is 0. The molecule has 5 heteroatoms. The summed E-state index contributed by atoms with van der Waals surface area (Å²) in [4.78, 5) is 0. The topological polar surface area (TPSA) is 36.5 Å². The molecule has 0 atom stereocenters. The van der Waals surface area contributed by atoms with Gasteiger partial charge in [-0.25, -0.2) is 0 Å². The zero-order valence-electron chi connectivity index (χ0n) is 2.51. The van der Waals surface area contributed by atoms with Gasteiger partial charge < -0.3 is 102 Å². The van der Waals surface area contributed by atoms with Gasteiger partial charge in [-0.3, -0.25) is 0 Å². The molecule has 0 spiro atoms. The molecule has 0 saturated heterocycles. The Hall–Kier alpha value is 2.88. The Morgan fingerprint density at radius 1 is 0.400 bits per heavy atom. The highest BCUT2D eigenvalue weighted by Gasteiger charge is -0.369. The third-order valence-corrected chi connectivity index (χ3v) is 0. The Balaban J connectivity index is 0. The predicted octanol–water partition coefficient (Wildman–Crippen LogP) is -11.6. The summed E-state index contributed by atoms with van der Waals surface area (Å²) in [5.41, 5.74) is 0. The van der Waals surface area contributed by atoms with E-state index >= 15 is 0 Å². The number of quaternary nitrogens is 1. The van der Waals surface area contributed by atoms with E-state index in [2.05, 4.69) is 0 Å². The van der Waals surface area contributed by atoms with Crippen molar-refractivity contribution in [3.05, 3.63) is 0 Å². The SMILES string of the molecule is [I-].[I-].[I-].[I-].[NH4+]. The first-order valence-corrected chi connectivity index (χ1v) is 0. The van der Waals surface area contributed by atoms with Crippen molar-refractivity contribution < 1.29 is 95.9 Å². The smallest absolute Gasteiger partial charge is 0.369 e. The van der Waals surface area contributed by atoms with Gasteiger partial charge in [-0.05, 0) is 0 Å². The van der Waals surface area contributed by atoms with Crippen molar-refractivity contribution in [1.82, 2.24) is 6.15 Å². The third-order valence-electron chi connectivity index (χ3n) is 0. The van der Waals surface area contributed by atoms with Crippen molar-refractivity contribution in [3.8, 4) is 0 Å². The number of hydrogen-bond donors (Lipinski definition) is 1. The first-order chi connectivity index (χ1) is 0. The molecular weight excluding hydrogens is 522 g/mol. The molecule has 0 bridgehead atoms. The minimum Gasteiger partial charge on any atom is -1.00 e. The van der Waals surface area contributed by atoms with Gasteiger partial charge in [-0.2, -0.15) is 0 Å². The highest BCUT2D eigenvalue weighted by molar-refractivity contribution is 2.13. The monoisotopic (exact) mass is 526 g/mol. The van der Waals surface area contributed by atoms with Crippen LogP contribution in [0.3, 0.4) is 0 Å². The average molecular weight is 526 g/mol. The van der Waals surface area contributed by atoms with E-state index in [-0.39, 0.29) is 102 Å². The Morgan fingerprint density at radius 2 is 0.400 bits per heavy atom. The Kier molecular flexibility index (Phi) is 258. The number of rotatable bonds is 0. The molecule has 0 heterocycles. The van der Waals surface area contributed by atoms with Crippen LogP contribution in [-0.4, -0.2) is 0 Å². The van der Waals surface area contributed by atoms with Crippen molar-refractivity contribution in [1.29, 1.82) is 0 Å². The predicted molar refractivity (Wildman–Crippen MR) is 5.98 cm³/mol. The summed E-state index contributed by atoms with van der Waals surface area (Å²) in [5.74, 6) is 0. The van der Waals surface area contributed by atoms with Crippen molar-refractivity contribution >= 4 is 0 Å². The highest BCUT2D eigenvalue weighted by Crippen LogP contribution is -0.481. The van der Waals surface area contributed by atoms with E-state index in [4.69, 9.17) is 0 Å². The van der Waals surface area contributed by atoms with Crippen LogP contribution in [0.4, 0.5) is 0 Å². The first-order valence-electron chi connectivity index (χ1n) is 0. The van der Waals surface area contributed by atoms with E-state index in [0.717, 1.165) is 0 Å². The number of hydrogen-bond acceptors (Lipinski definition) is 0. The maximum absolute atomic E-state index is 0. The molecule has 0 aromatic rings. The molecule has 0 amide bonds.